The number of carbonyl (C=O) groups is 3. The standard InChI is InChI=1S/C34H30N6O6S2/c1-3-46-33(43)37-27(23-10-5-4-6-11-23)19-31(41)39-35-20-22-13-16-29(28(17-22)40(44)45)47-34-38-26-15-14-24(18-30(26)48-34)36-32(42)25-12-8-7-9-21(25)2/h4-18,20,27H,3,19H2,1-2H3,(H,36,42)(H,37,43)(H,39,41)/b35-20-/t27-/m0/s1. The van der Waals surface area contributed by atoms with Crippen molar-refractivity contribution in [2.45, 2.75) is 35.5 Å². The lowest BCUT2D eigenvalue weighted by molar-refractivity contribution is -0.387. The van der Waals surface area contributed by atoms with Crippen LogP contribution in [0.2, 0.25) is 0 Å². The third kappa shape index (κ3) is 8.80. The van der Waals surface area contributed by atoms with Gasteiger partial charge in [0.15, 0.2) is 4.34 Å². The Labute approximate surface area is 283 Å². The summed E-state index contributed by atoms with van der Waals surface area (Å²) in [6.45, 7) is 3.74. The van der Waals surface area contributed by atoms with E-state index in [2.05, 4.69) is 26.1 Å². The van der Waals surface area contributed by atoms with Crippen LogP contribution >= 0.6 is 23.1 Å². The molecule has 0 aliphatic rings. The Bertz CT molecular complexity index is 2000. The van der Waals surface area contributed by atoms with E-state index in [1.54, 1.807) is 61.5 Å². The van der Waals surface area contributed by atoms with E-state index >= 15 is 0 Å². The van der Waals surface area contributed by atoms with Gasteiger partial charge in [-0.25, -0.2) is 15.2 Å². The molecule has 5 rings (SSSR count). The number of benzene rings is 4. The second-order valence-corrected chi connectivity index (χ2v) is 12.7. The maximum atomic E-state index is 12.8. The topological polar surface area (TPSA) is 165 Å². The normalized spacial score (nSPS) is 11.6. The van der Waals surface area contributed by atoms with Crippen molar-refractivity contribution in [3.8, 4) is 0 Å². The van der Waals surface area contributed by atoms with Crippen molar-refractivity contribution in [1.29, 1.82) is 0 Å². The van der Waals surface area contributed by atoms with Gasteiger partial charge in [-0.2, -0.15) is 5.10 Å². The number of nitro benzene ring substituents is 1. The Morgan fingerprint density at radius 3 is 2.56 bits per heavy atom. The molecule has 0 radical (unpaired) electrons. The number of nitro groups is 1. The maximum Gasteiger partial charge on any atom is 0.407 e. The van der Waals surface area contributed by atoms with Crippen LogP contribution in [0.1, 0.15) is 46.4 Å². The first kappa shape index (κ1) is 33.8. The zero-order valence-corrected chi connectivity index (χ0v) is 27.5. The highest BCUT2D eigenvalue weighted by molar-refractivity contribution is 8.01. The molecule has 5 aromatic rings. The molecule has 1 aromatic heterocycles. The number of aromatic nitrogens is 1. The largest absolute Gasteiger partial charge is 0.450 e. The van der Waals surface area contributed by atoms with E-state index in [9.17, 15) is 24.5 Å². The number of ether oxygens (including phenoxy) is 1. The van der Waals surface area contributed by atoms with Crippen LogP contribution in [0.15, 0.2) is 105 Å². The molecule has 0 unspecified atom stereocenters. The summed E-state index contributed by atoms with van der Waals surface area (Å²) >= 11 is 2.51. The summed E-state index contributed by atoms with van der Waals surface area (Å²) in [5.74, 6) is -0.694. The van der Waals surface area contributed by atoms with Gasteiger partial charge in [-0.15, -0.1) is 11.3 Å². The first-order valence-electron chi connectivity index (χ1n) is 14.7. The predicted octanol–water partition coefficient (Wildman–Crippen LogP) is 7.24. The van der Waals surface area contributed by atoms with Gasteiger partial charge in [0.1, 0.15) is 0 Å². The number of hydrogen-bond donors (Lipinski definition) is 3. The second-order valence-electron chi connectivity index (χ2n) is 10.3. The molecule has 0 saturated heterocycles. The average Bonchev–Trinajstić information content (AvgIpc) is 3.47. The van der Waals surface area contributed by atoms with Crippen LogP contribution in [0.3, 0.4) is 0 Å². The Kier molecular flexibility index (Phi) is 11.1. The highest BCUT2D eigenvalue weighted by Crippen LogP contribution is 2.39. The SMILES string of the molecule is CCOC(=O)N[C@@H](CC(=O)N/N=C\c1ccc(Sc2nc3ccc(NC(=O)c4ccccc4C)cc3s2)c([N+](=O)[O-])c1)c1ccccc1. The van der Waals surface area contributed by atoms with Crippen molar-refractivity contribution in [3.05, 3.63) is 123 Å². The summed E-state index contributed by atoms with van der Waals surface area (Å²) in [6.07, 6.45) is 0.546. The van der Waals surface area contributed by atoms with E-state index in [1.807, 2.05) is 37.3 Å². The quantitative estimate of drug-likeness (QED) is 0.0704. The molecule has 4 aromatic carbocycles. The van der Waals surface area contributed by atoms with Crippen molar-refractivity contribution in [2.75, 3.05) is 11.9 Å². The first-order chi connectivity index (χ1) is 23.2. The van der Waals surface area contributed by atoms with E-state index in [0.29, 0.717) is 37.1 Å². The fraction of sp³-hybridized carbons (Fsp3) is 0.147. The number of thiazole rings is 1. The molecule has 14 heteroatoms. The van der Waals surface area contributed by atoms with E-state index in [-0.39, 0.29) is 24.6 Å². The monoisotopic (exact) mass is 682 g/mol. The van der Waals surface area contributed by atoms with Crippen molar-refractivity contribution in [1.82, 2.24) is 15.7 Å². The predicted molar refractivity (Wildman–Crippen MR) is 186 cm³/mol. The van der Waals surface area contributed by atoms with E-state index in [4.69, 9.17) is 4.74 Å². The summed E-state index contributed by atoms with van der Waals surface area (Å²) in [5, 5.41) is 21.5. The molecule has 0 aliphatic heterocycles. The first-order valence-corrected chi connectivity index (χ1v) is 16.4. The number of fused-ring (bicyclic) bond motifs is 1. The number of alkyl carbamates (subject to hydrolysis) is 1. The maximum absolute atomic E-state index is 12.8. The fourth-order valence-corrected chi connectivity index (χ4v) is 6.80. The lowest BCUT2D eigenvalue weighted by Crippen LogP contribution is -2.33. The molecule has 0 bridgehead atoms. The zero-order chi connectivity index (χ0) is 34.0. The minimum absolute atomic E-state index is 0.112. The van der Waals surface area contributed by atoms with Gasteiger partial charge in [-0.1, -0.05) is 66.4 Å². The Morgan fingerprint density at radius 1 is 1.04 bits per heavy atom. The molecular formula is C34H30N6O6S2. The molecule has 0 saturated carbocycles. The van der Waals surface area contributed by atoms with E-state index in [1.165, 1.54) is 23.6 Å². The van der Waals surface area contributed by atoms with Gasteiger partial charge < -0.3 is 15.4 Å². The summed E-state index contributed by atoms with van der Waals surface area (Å²) in [5.41, 5.74) is 6.14. The number of nitrogens with one attached hydrogen (secondary N) is 3. The van der Waals surface area contributed by atoms with Gasteiger partial charge >= 0.3 is 6.09 Å². The van der Waals surface area contributed by atoms with E-state index in [0.717, 1.165) is 22.0 Å². The van der Waals surface area contributed by atoms with Crippen LogP contribution in [0.25, 0.3) is 10.2 Å². The number of carbonyl (C=O) groups excluding carboxylic acids is 3. The van der Waals surface area contributed by atoms with Crippen LogP contribution in [0, 0.1) is 17.0 Å². The minimum Gasteiger partial charge on any atom is -0.450 e. The van der Waals surface area contributed by atoms with Crippen molar-refractivity contribution in [3.63, 3.8) is 0 Å². The molecule has 0 aliphatic carbocycles. The third-order valence-electron chi connectivity index (χ3n) is 6.96. The molecule has 1 heterocycles. The fourth-order valence-electron chi connectivity index (χ4n) is 4.65. The Balaban J connectivity index is 1.24. The molecule has 1 atom stereocenters. The van der Waals surface area contributed by atoms with E-state index < -0.39 is 23.0 Å². The molecule has 48 heavy (non-hydrogen) atoms. The molecular weight excluding hydrogens is 653 g/mol. The van der Waals surface area contributed by atoms with Gasteiger partial charge in [-0.05, 0) is 55.3 Å². The number of anilines is 1. The van der Waals surface area contributed by atoms with Crippen LogP contribution < -0.4 is 16.1 Å². The van der Waals surface area contributed by atoms with Crippen LogP contribution in [-0.2, 0) is 9.53 Å². The smallest absolute Gasteiger partial charge is 0.407 e. The van der Waals surface area contributed by atoms with Gasteiger partial charge in [0.05, 0.1) is 45.3 Å². The van der Waals surface area contributed by atoms with Gasteiger partial charge in [0.2, 0.25) is 5.91 Å². The molecule has 0 fully saturated rings. The van der Waals surface area contributed by atoms with Gasteiger partial charge in [0, 0.05) is 22.9 Å². The lowest BCUT2D eigenvalue weighted by atomic mass is 10.0. The highest BCUT2D eigenvalue weighted by atomic mass is 32.2. The number of amides is 3. The van der Waals surface area contributed by atoms with Gasteiger partial charge in [-0.3, -0.25) is 19.7 Å². The van der Waals surface area contributed by atoms with Crippen molar-refractivity contribution in [2.24, 2.45) is 5.10 Å². The molecule has 0 spiro atoms. The molecule has 12 nitrogen and oxygen atoms in total. The van der Waals surface area contributed by atoms with Crippen LogP contribution in [0.5, 0.6) is 0 Å². The number of hydrogen-bond acceptors (Lipinski definition) is 10. The van der Waals surface area contributed by atoms with Crippen molar-refractivity contribution >= 4 is 68.8 Å². The van der Waals surface area contributed by atoms with Crippen molar-refractivity contribution < 1.29 is 24.0 Å². The number of aryl methyl sites for hydroxylation is 1. The molecule has 3 amide bonds. The lowest BCUT2D eigenvalue weighted by Gasteiger charge is -2.18. The second kappa shape index (κ2) is 15.8. The summed E-state index contributed by atoms with van der Waals surface area (Å²) in [6, 6.07) is 25.6. The highest BCUT2D eigenvalue weighted by Gasteiger charge is 2.20. The Morgan fingerprint density at radius 2 is 1.81 bits per heavy atom. The molecule has 3 N–H and O–H groups in total. The number of rotatable bonds is 12. The zero-order valence-electron chi connectivity index (χ0n) is 25.8. The minimum atomic E-state index is -0.649. The van der Waals surface area contributed by atoms with Crippen LogP contribution in [0.4, 0.5) is 16.2 Å². The summed E-state index contributed by atoms with van der Waals surface area (Å²) in [4.78, 5) is 53.9. The summed E-state index contributed by atoms with van der Waals surface area (Å²) < 4.78 is 6.36. The van der Waals surface area contributed by atoms with Crippen LogP contribution in [-0.4, -0.2) is 40.6 Å². The third-order valence-corrected chi connectivity index (χ3v) is 9.10. The van der Waals surface area contributed by atoms with Gasteiger partial charge in [0.25, 0.3) is 11.6 Å². The number of nitrogens with zero attached hydrogens (tertiary/aromatic N) is 3. The average molecular weight is 683 g/mol. The Hall–Kier alpha value is -5.60. The number of hydrazone groups is 1. The molecule has 244 valence electrons. The summed E-state index contributed by atoms with van der Waals surface area (Å²) in [7, 11) is 0.